The van der Waals surface area contributed by atoms with Gasteiger partial charge in [0.15, 0.2) is 0 Å². The number of hydrogen-bond acceptors (Lipinski definition) is 4. The monoisotopic (exact) mass is 363 g/mol. The molecular formula is C22H25N3O2. The maximum Gasteiger partial charge on any atom is 0.133 e. The maximum atomic E-state index is 11.1. The van der Waals surface area contributed by atoms with Gasteiger partial charge in [0.25, 0.3) is 0 Å². The van der Waals surface area contributed by atoms with E-state index in [1.807, 2.05) is 13.0 Å². The topological polar surface area (TPSA) is 56.5 Å². The Morgan fingerprint density at radius 1 is 1.22 bits per heavy atom. The van der Waals surface area contributed by atoms with Crippen LogP contribution in [0.1, 0.15) is 65.7 Å². The van der Waals surface area contributed by atoms with Crippen LogP contribution in [-0.4, -0.2) is 16.2 Å². The van der Waals surface area contributed by atoms with Gasteiger partial charge in [0.05, 0.1) is 11.4 Å². The second-order valence-corrected chi connectivity index (χ2v) is 7.45. The largest absolute Gasteiger partial charge is 0.358 e. The zero-order chi connectivity index (χ0) is 18.8. The molecule has 140 valence electrons. The normalized spacial score (nSPS) is 19.8. The highest BCUT2D eigenvalue weighted by Gasteiger charge is 2.24. The Morgan fingerprint density at radius 2 is 2.11 bits per heavy atom. The average molecular weight is 363 g/mol. The Morgan fingerprint density at radius 3 is 2.85 bits per heavy atom. The zero-order valence-corrected chi connectivity index (χ0v) is 15.9. The van der Waals surface area contributed by atoms with Gasteiger partial charge in [-0.25, -0.2) is 0 Å². The maximum absolute atomic E-state index is 11.1. The van der Waals surface area contributed by atoms with Crippen LogP contribution in [0.25, 0.3) is 18.2 Å². The lowest BCUT2D eigenvalue weighted by Gasteiger charge is -2.26. The molecule has 5 heteroatoms. The summed E-state index contributed by atoms with van der Waals surface area (Å²) in [4.78, 5) is 15.7. The molecule has 0 radical (unpaired) electrons. The molecule has 27 heavy (non-hydrogen) atoms. The van der Waals surface area contributed by atoms with Crippen LogP contribution in [0.15, 0.2) is 29.2 Å². The van der Waals surface area contributed by atoms with Crippen molar-refractivity contribution in [1.82, 2.24) is 9.55 Å². The van der Waals surface area contributed by atoms with Crippen LogP contribution >= 0.6 is 0 Å². The molecule has 0 spiro atoms. The van der Waals surface area contributed by atoms with E-state index in [-0.39, 0.29) is 6.23 Å². The third-order valence-corrected chi connectivity index (χ3v) is 5.28. The molecule has 0 N–H and O–H groups in total. The van der Waals surface area contributed by atoms with E-state index in [0.29, 0.717) is 12.1 Å². The van der Waals surface area contributed by atoms with E-state index >= 15 is 0 Å². The van der Waals surface area contributed by atoms with Gasteiger partial charge in [-0.15, -0.1) is 4.91 Å². The summed E-state index contributed by atoms with van der Waals surface area (Å²) in [6.45, 7) is 4.89. The Kier molecular flexibility index (Phi) is 5.03. The molecule has 5 nitrogen and oxygen atoms in total. The molecular weight excluding hydrogens is 338 g/mol. The van der Waals surface area contributed by atoms with Gasteiger partial charge in [-0.05, 0) is 92.1 Å². The van der Waals surface area contributed by atoms with Gasteiger partial charge in [-0.2, -0.15) is 0 Å². The van der Waals surface area contributed by atoms with Gasteiger partial charge in [0.2, 0.25) is 0 Å². The van der Waals surface area contributed by atoms with Crippen molar-refractivity contribution in [2.75, 3.05) is 6.61 Å². The van der Waals surface area contributed by atoms with Crippen molar-refractivity contribution in [2.24, 2.45) is 5.18 Å². The molecule has 2 aliphatic rings. The number of allylic oxidation sites excluding steroid dienone is 1. The highest BCUT2D eigenvalue weighted by atomic mass is 16.5. The third kappa shape index (κ3) is 3.78. The molecule has 4 rings (SSSR count). The van der Waals surface area contributed by atoms with Crippen molar-refractivity contribution in [3.8, 4) is 0 Å². The average Bonchev–Trinajstić information content (AvgIpc) is 3.04. The minimum atomic E-state index is 0.0382. The molecule has 3 heterocycles. The Balaban J connectivity index is 1.72. The first-order chi connectivity index (χ1) is 13.1. The van der Waals surface area contributed by atoms with Crippen LogP contribution in [-0.2, 0) is 11.2 Å². The highest BCUT2D eigenvalue weighted by Crippen LogP contribution is 2.34. The van der Waals surface area contributed by atoms with E-state index in [1.54, 1.807) is 0 Å². The van der Waals surface area contributed by atoms with Crippen LogP contribution in [0.2, 0.25) is 0 Å². The number of nitroso groups, excluding NO2 is 1. The fraction of sp³-hybridized carbons (Fsp3) is 0.409. The summed E-state index contributed by atoms with van der Waals surface area (Å²) in [6.07, 6.45) is 13.1. The Labute approximate surface area is 159 Å². The van der Waals surface area contributed by atoms with Crippen molar-refractivity contribution in [2.45, 2.75) is 52.2 Å². The number of nitrogens with zero attached hydrogens (tertiary/aromatic N) is 3. The predicted molar refractivity (Wildman–Crippen MR) is 108 cm³/mol. The molecule has 0 bridgehead atoms. The van der Waals surface area contributed by atoms with E-state index in [2.05, 4.69) is 52.1 Å². The number of pyridine rings is 1. The van der Waals surface area contributed by atoms with Crippen molar-refractivity contribution >= 4 is 18.2 Å². The lowest BCUT2D eigenvalue weighted by atomic mass is 9.98. The number of hydrogen-bond donors (Lipinski definition) is 0. The first-order valence-corrected chi connectivity index (χ1v) is 9.66. The molecule has 0 saturated carbocycles. The fourth-order valence-corrected chi connectivity index (χ4v) is 4.05. The Hall–Kier alpha value is -2.53. The van der Waals surface area contributed by atoms with Crippen LogP contribution in [0.4, 0.5) is 0 Å². The number of aryl methyl sites for hydroxylation is 2. The van der Waals surface area contributed by atoms with Crippen molar-refractivity contribution in [3.05, 3.63) is 62.7 Å². The molecule has 1 saturated heterocycles. The molecule has 1 unspecified atom stereocenters. The highest BCUT2D eigenvalue weighted by molar-refractivity contribution is 5.74. The Bertz CT molecular complexity index is 898. The molecule has 1 fully saturated rings. The van der Waals surface area contributed by atoms with E-state index in [1.165, 1.54) is 16.7 Å². The zero-order valence-electron chi connectivity index (χ0n) is 15.9. The summed E-state index contributed by atoms with van der Waals surface area (Å²) < 4.78 is 8.18. The predicted octanol–water partition coefficient (Wildman–Crippen LogP) is 5.42. The van der Waals surface area contributed by atoms with E-state index < -0.39 is 0 Å². The molecule has 1 aliphatic heterocycles. The van der Waals surface area contributed by atoms with E-state index in [9.17, 15) is 4.91 Å². The molecule has 1 aliphatic carbocycles. The first-order valence-electron chi connectivity index (χ1n) is 9.66. The van der Waals surface area contributed by atoms with Gasteiger partial charge in [0.1, 0.15) is 6.23 Å². The SMILES string of the molecule is Cc1cc(C)nc(/C=C/c2cn(C3CCCCO3)c3c2CCC(N=O)=C3)c1. The second kappa shape index (κ2) is 7.61. The number of ether oxygens (including phenoxy) is 1. The van der Waals surface area contributed by atoms with E-state index in [4.69, 9.17) is 4.74 Å². The van der Waals surface area contributed by atoms with Gasteiger partial charge >= 0.3 is 0 Å². The minimum absolute atomic E-state index is 0.0382. The van der Waals surface area contributed by atoms with Crippen molar-refractivity contribution in [3.63, 3.8) is 0 Å². The molecule has 0 aromatic carbocycles. The fourth-order valence-electron chi connectivity index (χ4n) is 4.05. The molecule has 2 aromatic rings. The molecule has 1 atom stereocenters. The summed E-state index contributed by atoms with van der Waals surface area (Å²) in [5.41, 5.74) is 7.31. The number of aromatic nitrogens is 2. The van der Waals surface area contributed by atoms with E-state index in [0.717, 1.165) is 49.4 Å². The summed E-state index contributed by atoms with van der Waals surface area (Å²) in [5, 5.41) is 3.18. The number of rotatable bonds is 4. The van der Waals surface area contributed by atoms with Gasteiger partial charge in [-0.3, -0.25) is 4.98 Å². The van der Waals surface area contributed by atoms with Crippen molar-refractivity contribution in [1.29, 1.82) is 0 Å². The standard InChI is InChI=1S/C22H25N3O2/c1-15-11-16(2)23-18(12-15)7-6-17-14-25(22-5-3-4-10-27-22)21-13-19(24-26)8-9-20(17)21/h6-7,11-14,22H,3-5,8-10H2,1-2H3/b7-6+. The summed E-state index contributed by atoms with van der Waals surface area (Å²) in [7, 11) is 0. The van der Waals surface area contributed by atoms with Gasteiger partial charge < -0.3 is 9.30 Å². The van der Waals surface area contributed by atoms with Crippen LogP contribution in [0.3, 0.4) is 0 Å². The van der Waals surface area contributed by atoms with Crippen LogP contribution < -0.4 is 0 Å². The minimum Gasteiger partial charge on any atom is -0.358 e. The molecule has 0 amide bonds. The second-order valence-electron chi connectivity index (χ2n) is 7.45. The quantitative estimate of drug-likeness (QED) is 0.681. The summed E-state index contributed by atoms with van der Waals surface area (Å²) in [5.74, 6) is 0. The van der Waals surface area contributed by atoms with Gasteiger partial charge in [-0.1, -0.05) is 6.08 Å². The summed E-state index contributed by atoms with van der Waals surface area (Å²) in [6, 6.07) is 4.17. The lowest BCUT2D eigenvalue weighted by molar-refractivity contribution is -0.0321. The third-order valence-electron chi connectivity index (χ3n) is 5.28. The number of fused-ring (bicyclic) bond motifs is 1. The lowest BCUT2D eigenvalue weighted by Crippen LogP contribution is -2.19. The van der Waals surface area contributed by atoms with Crippen LogP contribution in [0.5, 0.6) is 0 Å². The first kappa shape index (κ1) is 17.9. The van der Waals surface area contributed by atoms with Crippen molar-refractivity contribution < 1.29 is 4.74 Å². The van der Waals surface area contributed by atoms with Crippen LogP contribution in [0, 0.1) is 18.8 Å². The van der Waals surface area contributed by atoms with Gasteiger partial charge in [0, 0.05) is 24.2 Å². The smallest absolute Gasteiger partial charge is 0.133 e. The summed E-state index contributed by atoms with van der Waals surface area (Å²) >= 11 is 0. The molecule has 2 aromatic heterocycles.